The second-order valence-electron chi connectivity index (χ2n) is 7.76. The first-order valence-electron chi connectivity index (χ1n) is 11.1. The van der Waals surface area contributed by atoms with Crippen molar-refractivity contribution in [2.24, 2.45) is 0 Å². The number of ether oxygens (including phenoxy) is 3. The molecule has 0 amide bonds. The summed E-state index contributed by atoms with van der Waals surface area (Å²) in [6, 6.07) is 17.8. The maximum atomic E-state index is 13.0. The molecule has 1 aromatic heterocycles. The Morgan fingerprint density at radius 3 is 2.18 bits per heavy atom. The second kappa shape index (κ2) is 9.36. The number of carbonyl (C=O) groups is 2. The molecule has 4 aromatic rings. The summed E-state index contributed by atoms with van der Waals surface area (Å²) in [7, 11) is 0. The number of carbonyl (C=O) groups excluding carboxylic acids is 2. The van der Waals surface area contributed by atoms with E-state index in [-0.39, 0.29) is 19.8 Å². The molecule has 0 atom stereocenters. The van der Waals surface area contributed by atoms with Gasteiger partial charge in [-0.3, -0.25) is 0 Å². The zero-order valence-electron chi connectivity index (χ0n) is 19.3. The number of esters is 2. The predicted molar refractivity (Wildman–Crippen MR) is 128 cm³/mol. The molecule has 0 saturated heterocycles. The minimum atomic E-state index is -0.444. The van der Waals surface area contributed by atoms with Gasteiger partial charge in [0.2, 0.25) is 0 Å². The Balaban J connectivity index is 2.02. The van der Waals surface area contributed by atoms with E-state index in [0.29, 0.717) is 16.7 Å². The fraction of sp³-hybridized carbons (Fsp3) is 0.259. The number of hydrogen-bond donors (Lipinski definition) is 0. The fourth-order valence-electron chi connectivity index (χ4n) is 4.17. The van der Waals surface area contributed by atoms with Gasteiger partial charge in [0, 0.05) is 27.5 Å². The van der Waals surface area contributed by atoms with E-state index in [1.165, 1.54) is 0 Å². The first-order chi connectivity index (χ1) is 16.0. The van der Waals surface area contributed by atoms with Crippen LogP contribution in [0, 0.1) is 13.8 Å². The maximum Gasteiger partial charge on any atom is 0.344 e. The lowest BCUT2D eigenvalue weighted by Gasteiger charge is -2.13. The summed E-state index contributed by atoms with van der Waals surface area (Å²) >= 11 is 0. The van der Waals surface area contributed by atoms with E-state index >= 15 is 0 Å². The van der Waals surface area contributed by atoms with Crippen LogP contribution < -0.4 is 4.74 Å². The van der Waals surface area contributed by atoms with Gasteiger partial charge >= 0.3 is 11.9 Å². The van der Waals surface area contributed by atoms with Gasteiger partial charge in [-0.1, -0.05) is 42.0 Å². The molecular weight excluding hydrogens is 418 g/mol. The molecule has 0 bridgehead atoms. The molecule has 0 aliphatic rings. The third kappa shape index (κ3) is 4.16. The predicted octanol–water partition coefficient (Wildman–Crippen LogP) is 5.52. The SMILES string of the molecule is CCOC(=O)COc1cc2c(C(=O)OCC)c(C)n(-c3ccc(C)cc3)c2c2ccccc12. The normalized spacial score (nSPS) is 11.0. The molecule has 0 fully saturated rings. The highest BCUT2D eigenvalue weighted by Crippen LogP contribution is 2.39. The summed E-state index contributed by atoms with van der Waals surface area (Å²) in [5.74, 6) is -0.323. The van der Waals surface area contributed by atoms with Crippen LogP contribution in [0.4, 0.5) is 0 Å². The first kappa shape index (κ1) is 22.4. The molecule has 3 aromatic carbocycles. The van der Waals surface area contributed by atoms with Gasteiger partial charge in [0.05, 0.1) is 24.3 Å². The summed E-state index contributed by atoms with van der Waals surface area (Å²) in [5.41, 5.74) is 4.25. The van der Waals surface area contributed by atoms with Crippen LogP contribution in [-0.4, -0.2) is 36.3 Å². The lowest BCUT2D eigenvalue weighted by Crippen LogP contribution is -2.14. The van der Waals surface area contributed by atoms with Crippen molar-refractivity contribution in [3.8, 4) is 11.4 Å². The smallest absolute Gasteiger partial charge is 0.344 e. The standard InChI is InChI=1S/C27H27NO5/c1-5-31-24(29)16-33-23-15-22-25(27(30)32-6-2)18(4)28(19-13-11-17(3)12-14-19)26(22)21-10-8-7-9-20(21)23/h7-15H,5-6,16H2,1-4H3. The summed E-state index contributed by atoms with van der Waals surface area (Å²) in [6.45, 7) is 7.84. The highest BCUT2D eigenvalue weighted by molar-refractivity contribution is 6.17. The summed E-state index contributed by atoms with van der Waals surface area (Å²) in [6.07, 6.45) is 0. The molecule has 0 N–H and O–H groups in total. The molecule has 0 radical (unpaired) electrons. The molecule has 0 spiro atoms. The molecule has 4 rings (SSSR count). The third-order valence-electron chi connectivity index (χ3n) is 5.59. The number of hydrogen-bond acceptors (Lipinski definition) is 5. The highest BCUT2D eigenvalue weighted by Gasteiger charge is 2.25. The van der Waals surface area contributed by atoms with Gasteiger partial charge in [0.25, 0.3) is 0 Å². The lowest BCUT2D eigenvalue weighted by molar-refractivity contribution is -0.145. The van der Waals surface area contributed by atoms with Crippen molar-refractivity contribution in [3.05, 3.63) is 71.4 Å². The van der Waals surface area contributed by atoms with E-state index in [1.807, 2.05) is 68.4 Å². The maximum absolute atomic E-state index is 13.0. The molecule has 6 nitrogen and oxygen atoms in total. The van der Waals surface area contributed by atoms with Crippen LogP contribution in [-0.2, 0) is 14.3 Å². The molecule has 6 heteroatoms. The largest absolute Gasteiger partial charge is 0.481 e. The molecule has 33 heavy (non-hydrogen) atoms. The van der Waals surface area contributed by atoms with Crippen LogP contribution in [0.15, 0.2) is 54.6 Å². The van der Waals surface area contributed by atoms with Crippen LogP contribution in [0.2, 0.25) is 0 Å². The Kier molecular flexibility index (Phi) is 6.36. The monoisotopic (exact) mass is 445 g/mol. The number of rotatable bonds is 7. The molecule has 170 valence electrons. The van der Waals surface area contributed by atoms with E-state index in [9.17, 15) is 9.59 Å². The van der Waals surface area contributed by atoms with Gasteiger partial charge in [-0.25, -0.2) is 9.59 Å². The van der Waals surface area contributed by atoms with Crippen molar-refractivity contribution in [1.82, 2.24) is 4.57 Å². The molecule has 1 heterocycles. The summed E-state index contributed by atoms with van der Waals surface area (Å²) in [4.78, 5) is 24.9. The average Bonchev–Trinajstić information content (AvgIpc) is 3.10. The van der Waals surface area contributed by atoms with Crippen molar-refractivity contribution in [2.75, 3.05) is 19.8 Å². The van der Waals surface area contributed by atoms with Crippen molar-refractivity contribution in [1.29, 1.82) is 0 Å². The molecule has 0 aliphatic carbocycles. The molecule has 0 saturated carbocycles. The van der Waals surface area contributed by atoms with Gasteiger partial charge in [-0.2, -0.15) is 0 Å². The van der Waals surface area contributed by atoms with Crippen LogP contribution in [0.1, 0.15) is 35.5 Å². The van der Waals surface area contributed by atoms with Crippen molar-refractivity contribution in [2.45, 2.75) is 27.7 Å². The van der Waals surface area contributed by atoms with Crippen LogP contribution in [0.3, 0.4) is 0 Å². The van der Waals surface area contributed by atoms with Crippen LogP contribution in [0.5, 0.6) is 5.75 Å². The van der Waals surface area contributed by atoms with Crippen molar-refractivity contribution in [3.63, 3.8) is 0 Å². The van der Waals surface area contributed by atoms with E-state index in [1.54, 1.807) is 13.8 Å². The average molecular weight is 446 g/mol. The number of aryl methyl sites for hydroxylation is 1. The first-order valence-corrected chi connectivity index (χ1v) is 11.1. The Hall–Kier alpha value is -3.80. The summed E-state index contributed by atoms with van der Waals surface area (Å²) < 4.78 is 18.4. The van der Waals surface area contributed by atoms with Crippen molar-refractivity contribution >= 4 is 33.6 Å². The third-order valence-corrected chi connectivity index (χ3v) is 5.59. The van der Waals surface area contributed by atoms with Gasteiger partial charge < -0.3 is 18.8 Å². The Labute approximate surface area is 192 Å². The van der Waals surface area contributed by atoms with Gasteiger partial charge in [0.1, 0.15) is 5.75 Å². The van der Waals surface area contributed by atoms with Crippen LogP contribution in [0.25, 0.3) is 27.4 Å². The minimum absolute atomic E-state index is 0.213. The van der Waals surface area contributed by atoms with E-state index in [2.05, 4.69) is 4.57 Å². The molecule has 0 unspecified atom stereocenters. The van der Waals surface area contributed by atoms with Gasteiger partial charge in [-0.05, 0) is 45.9 Å². The number of nitrogens with zero attached hydrogens (tertiary/aromatic N) is 1. The fourth-order valence-corrected chi connectivity index (χ4v) is 4.17. The Morgan fingerprint density at radius 2 is 1.52 bits per heavy atom. The zero-order chi connectivity index (χ0) is 23.5. The summed E-state index contributed by atoms with van der Waals surface area (Å²) in [5, 5.41) is 2.47. The van der Waals surface area contributed by atoms with E-state index in [4.69, 9.17) is 14.2 Å². The molecular formula is C27H27NO5. The van der Waals surface area contributed by atoms with E-state index in [0.717, 1.165) is 33.2 Å². The van der Waals surface area contributed by atoms with Gasteiger partial charge in [0.15, 0.2) is 6.61 Å². The van der Waals surface area contributed by atoms with Crippen molar-refractivity contribution < 1.29 is 23.8 Å². The zero-order valence-corrected chi connectivity index (χ0v) is 19.3. The van der Waals surface area contributed by atoms with E-state index < -0.39 is 11.9 Å². The second-order valence-corrected chi connectivity index (χ2v) is 7.76. The number of fused-ring (bicyclic) bond motifs is 3. The number of benzene rings is 3. The Morgan fingerprint density at radius 1 is 0.848 bits per heavy atom. The quantitative estimate of drug-likeness (QED) is 0.351. The topological polar surface area (TPSA) is 66.8 Å². The van der Waals surface area contributed by atoms with Gasteiger partial charge in [-0.15, -0.1) is 0 Å². The van der Waals surface area contributed by atoms with Crippen LogP contribution >= 0.6 is 0 Å². The lowest BCUT2D eigenvalue weighted by atomic mass is 10.0. The highest BCUT2D eigenvalue weighted by atomic mass is 16.6. The Bertz CT molecular complexity index is 1330. The minimum Gasteiger partial charge on any atom is -0.481 e. The number of aromatic nitrogens is 1. The molecule has 0 aliphatic heterocycles.